The summed E-state index contributed by atoms with van der Waals surface area (Å²) in [5.41, 5.74) is 0. The Morgan fingerprint density at radius 2 is 2.00 bits per heavy atom. The van der Waals surface area contributed by atoms with Gasteiger partial charge in [0.2, 0.25) is 16.9 Å². The fourth-order valence-electron chi connectivity index (χ4n) is 1.06. The highest BCUT2D eigenvalue weighted by atomic mass is 32.2. The molecular weight excluding hydrogens is 228 g/mol. The summed E-state index contributed by atoms with van der Waals surface area (Å²) in [5, 5.41) is 16.2. The van der Waals surface area contributed by atoms with E-state index in [2.05, 4.69) is 20.4 Å². The Morgan fingerprint density at radius 3 is 2.56 bits per heavy atom. The number of aromatic nitrogens is 5. The fraction of sp³-hybridized carbons (Fsp3) is 0.500. The Morgan fingerprint density at radius 1 is 1.25 bits per heavy atom. The van der Waals surface area contributed by atoms with Gasteiger partial charge < -0.3 is 10.3 Å². The molecule has 0 radical (unpaired) electrons. The van der Waals surface area contributed by atoms with E-state index < -0.39 is 0 Å². The number of hydrogen-bond donors (Lipinski definition) is 1. The Labute approximate surface area is 96.4 Å². The summed E-state index contributed by atoms with van der Waals surface area (Å²) < 4.78 is 6.79. The van der Waals surface area contributed by atoms with E-state index in [1.165, 1.54) is 16.4 Å². The maximum absolute atomic E-state index is 5.70. The fourth-order valence-corrected chi connectivity index (χ4v) is 1.80. The lowest BCUT2D eigenvalue weighted by molar-refractivity contribution is 0.469. The molecule has 0 saturated heterocycles. The lowest BCUT2D eigenvalue weighted by atomic mass is 10.5. The summed E-state index contributed by atoms with van der Waals surface area (Å²) in [5.74, 6) is 8.13. The van der Waals surface area contributed by atoms with Gasteiger partial charge in [0, 0.05) is 6.42 Å². The van der Waals surface area contributed by atoms with E-state index in [0.717, 1.165) is 6.42 Å². The molecule has 0 aliphatic heterocycles. The van der Waals surface area contributed by atoms with Crippen LogP contribution in [0, 0.1) is 6.92 Å². The van der Waals surface area contributed by atoms with Crippen molar-refractivity contribution in [3.63, 3.8) is 0 Å². The summed E-state index contributed by atoms with van der Waals surface area (Å²) in [6.07, 6.45) is 0.740. The molecule has 8 heteroatoms. The van der Waals surface area contributed by atoms with E-state index in [4.69, 9.17) is 10.3 Å². The standard InChI is InChI=1S/C8H12N6OS/c1-3-6-11-12-7(15-6)4-16-8-13-10-5(2)14(8)9/h3-4,9H2,1-2H3. The molecule has 0 saturated carbocycles. The molecule has 16 heavy (non-hydrogen) atoms. The van der Waals surface area contributed by atoms with Gasteiger partial charge in [-0.1, -0.05) is 18.7 Å². The zero-order valence-corrected chi connectivity index (χ0v) is 9.86. The van der Waals surface area contributed by atoms with Crippen molar-refractivity contribution in [2.24, 2.45) is 0 Å². The molecule has 0 aliphatic carbocycles. The van der Waals surface area contributed by atoms with Crippen molar-refractivity contribution in [3.05, 3.63) is 17.6 Å². The van der Waals surface area contributed by atoms with Crippen molar-refractivity contribution in [2.75, 3.05) is 5.84 Å². The summed E-state index contributed by atoms with van der Waals surface area (Å²) >= 11 is 1.41. The van der Waals surface area contributed by atoms with E-state index in [0.29, 0.717) is 28.5 Å². The third-order valence-corrected chi connectivity index (χ3v) is 2.90. The van der Waals surface area contributed by atoms with Gasteiger partial charge in [-0.15, -0.1) is 20.4 Å². The molecule has 0 fully saturated rings. The van der Waals surface area contributed by atoms with E-state index in [1.54, 1.807) is 6.92 Å². The summed E-state index contributed by atoms with van der Waals surface area (Å²) in [7, 11) is 0. The second kappa shape index (κ2) is 4.52. The van der Waals surface area contributed by atoms with Crippen LogP contribution >= 0.6 is 11.8 Å². The first-order valence-corrected chi connectivity index (χ1v) is 5.80. The molecular formula is C8H12N6OS. The molecule has 0 unspecified atom stereocenters. The third-order valence-electron chi connectivity index (χ3n) is 1.97. The number of nitrogen functional groups attached to an aromatic ring is 1. The molecule has 0 aromatic carbocycles. The predicted octanol–water partition coefficient (Wildman–Crippen LogP) is 0.538. The average molecular weight is 240 g/mol. The zero-order valence-electron chi connectivity index (χ0n) is 9.04. The minimum absolute atomic E-state index is 0.544. The molecule has 2 aromatic rings. The van der Waals surface area contributed by atoms with E-state index in [1.807, 2.05) is 6.92 Å². The second-order valence-corrected chi connectivity index (χ2v) is 4.07. The maximum atomic E-state index is 5.70. The van der Waals surface area contributed by atoms with Crippen LogP contribution in [0.15, 0.2) is 9.57 Å². The van der Waals surface area contributed by atoms with Gasteiger partial charge in [0.15, 0.2) is 0 Å². The van der Waals surface area contributed by atoms with Crippen LogP contribution in [0.4, 0.5) is 0 Å². The first-order valence-electron chi connectivity index (χ1n) is 4.82. The Bertz CT molecular complexity index is 479. The van der Waals surface area contributed by atoms with Crippen molar-refractivity contribution >= 4 is 11.8 Å². The van der Waals surface area contributed by atoms with Crippen LogP contribution in [-0.2, 0) is 12.2 Å². The maximum Gasteiger partial charge on any atom is 0.226 e. The van der Waals surface area contributed by atoms with E-state index >= 15 is 0 Å². The van der Waals surface area contributed by atoms with E-state index in [-0.39, 0.29) is 0 Å². The number of nitrogens with zero attached hydrogens (tertiary/aromatic N) is 5. The Kier molecular flexibility index (Phi) is 3.09. The largest absolute Gasteiger partial charge is 0.424 e. The van der Waals surface area contributed by atoms with Crippen LogP contribution < -0.4 is 5.84 Å². The molecule has 2 heterocycles. The highest BCUT2D eigenvalue weighted by Gasteiger charge is 2.10. The van der Waals surface area contributed by atoms with Gasteiger partial charge in [0.05, 0.1) is 5.75 Å². The van der Waals surface area contributed by atoms with Gasteiger partial charge in [-0.05, 0) is 6.92 Å². The SMILES string of the molecule is CCc1nnc(CSc2nnc(C)n2N)o1. The highest BCUT2D eigenvalue weighted by Crippen LogP contribution is 2.19. The van der Waals surface area contributed by atoms with Crippen molar-refractivity contribution < 1.29 is 4.42 Å². The van der Waals surface area contributed by atoms with Crippen molar-refractivity contribution in [2.45, 2.75) is 31.2 Å². The molecule has 0 atom stereocenters. The lowest BCUT2D eigenvalue weighted by Crippen LogP contribution is -2.11. The van der Waals surface area contributed by atoms with Gasteiger partial charge in [-0.3, -0.25) is 0 Å². The van der Waals surface area contributed by atoms with Gasteiger partial charge in [0.1, 0.15) is 5.82 Å². The molecule has 7 nitrogen and oxygen atoms in total. The minimum atomic E-state index is 0.544. The summed E-state index contributed by atoms with van der Waals surface area (Å²) in [6, 6.07) is 0. The van der Waals surface area contributed by atoms with Gasteiger partial charge in [-0.25, -0.2) is 4.68 Å². The van der Waals surface area contributed by atoms with Gasteiger partial charge in [-0.2, -0.15) is 0 Å². The third kappa shape index (κ3) is 2.16. The van der Waals surface area contributed by atoms with Crippen LogP contribution in [0.3, 0.4) is 0 Å². The Hall–Kier alpha value is -1.57. The van der Waals surface area contributed by atoms with Crippen LogP contribution in [0.5, 0.6) is 0 Å². The van der Waals surface area contributed by atoms with Crippen molar-refractivity contribution in [1.29, 1.82) is 0 Å². The smallest absolute Gasteiger partial charge is 0.226 e. The normalized spacial score (nSPS) is 10.9. The summed E-state index contributed by atoms with van der Waals surface area (Å²) in [6.45, 7) is 3.75. The molecule has 2 rings (SSSR count). The monoisotopic (exact) mass is 240 g/mol. The van der Waals surface area contributed by atoms with E-state index in [9.17, 15) is 0 Å². The lowest BCUT2D eigenvalue weighted by Gasteiger charge is -1.98. The molecule has 0 aliphatic rings. The Balaban J connectivity index is 1.99. The van der Waals surface area contributed by atoms with Crippen LogP contribution in [-0.4, -0.2) is 25.1 Å². The minimum Gasteiger partial charge on any atom is -0.424 e. The number of nitrogens with two attached hydrogens (primary N) is 1. The summed E-state index contributed by atoms with van der Waals surface area (Å²) in [4.78, 5) is 0. The first-order chi connectivity index (χ1) is 7.70. The van der Waals surface area contributed by atoms with Crippen molar-refractivity contribution in [3.8, 4) is 0 Å². The zero-order chi connectivity index (χ0) is 11.5. The molecule has 2 aromatic heterocycles. The van der Waals surface area contributed by atoms with Crippen LogP contribution in [0.25, 0.3) is 0 Å². The van der Waals surface area contributed by atoms with Crippen LogP contribution in [0.1, 0.15) is 24.5 Å². The van der Waals surface area contributed by atoms with Gasteiger partial charge >= 0.3 is 0 Å². The number of hydrogen-bond acceptors (Lipinski definition) is 7. The predicted molar refractivity (Wildman–Crippen MR) is 58.1 cm³/mol. The highest BCUT2D eigenvalue weighted by molar-refractivity contribution is 7.98. The number of aryl methyl sites for hydroxylation is 2. The second-order valence-electron chi connectivity index (χ2n) is 3.13. The quantitative estimate of drug-likeness (QED) is 0.615. The average Bonchev–Trinajstić information content (AvgIpc) is 2.86. The topological polar surface area (TPSA) is 95.7 Å². The van der Waals surface area contributed by atoms with Crippen molar-refractivity contribution in [1.82, 2.24) is 25.1 Å². The molecule has 2 N–H and O–H groups in total. The molecule has 0 spiro atoms. The number of rotatable bonds is 4. The van der Waals surface area contributed by atoms with Gasteiger partial charge in [0.25, 0.3) is 0 Å². The van der Waals surface area contributed by atoms with Crippen LogP contribution in [0.2, 0.25) is 0 Å². The first kappa shape index (κ1) is 10.9. The molecule has 0 bridgehead atoms. The molecule has 86 valence electrons. The number of thioether (sulfide) groups is 1. The molecule has 0 amide bonds.